The molecule has 0 unspecified atom stereocenters. The molecule has 0 spiro atoms. The third-order valence-electron chi connectivity index (χ3n) is 5.63. The maximum Gasteiger partial charge on any atom is 0.435 e. The summed E-state index contributed by atoms with van der Waals surface area (Å²) in [5.41, 5.74) is 4.80. The van der Waals surface area contributed by atoms with Crippen molar-refractivity contribution in [1.82, 2.24) is 9.78 Å². The van der Waals surface area contributed by atoms with E-state index in [1.165, 1.54) is 25.4 Å². The van der Waals surface area contributed by atoms with Gasteiger partial charge in [0.2, 0.25) is 0 Å². The fraction of sp³-hybridized carbons (Fsp3) is 0.125. The first-order chi connectivity index (χ1) is 15.1. The van der Waals surface area contributed by atoms with E-state index in [2.05, 4.69) is 17.2 Å². The number of ether oxygens (including phenoxy) is 2. The van der Waals surface area contributed by atoms with E-state index >= 15 is 0 Å². The molecule has 4 aromatic rings. The lowest BCUT2D eigenvalue weighted by atomic mass is 9.98. The molecule has 7 nitrogen and oxygen atoms in total. The molecule has 0 aliphatic heterocycles. The fourth-order valence-electron chi connectivity index (χ4n) is 4.19. The molecule has 3 aromatic carbocycles. The number of hydrogen-bond donors (Lipinski definition) is 1. The number of carboxylic acid groups (broad SMARTS) is 1. The summed E-state index contributed by atoms with van der Waals surface area (Å²) in [6, 6.07) is 18.9. The number of aromatic carboxylic acids is 1. The van der Waals surface area contributed by atoms with Crippen LogP contribution in [0.3, 0.4) is 0 Å². The zero-order valence-corrected chi connectivity index (χ0v) is 16.6. The Morgan fingerprint density at radius 1 is 1.03 bits per heavy atom. The number of aromatic nitrogens is 2. The summed E-state index contributed by atoms with van der Waals surface area (Å²) in [6.07, 6.45) is 0.780. The Morgan fingerprint density at radius 3 is 2.29 bits per heavy atom. The highest BCUT2D eigenvalue weighted by atomic mass is 16.6. The van der Waals surface area contributed by atoms with Gasteiger partial charge in [-0.25, -0.2) is 9.59 Å². The smallest absolute Gasteiger partial charge is 0.435 e. The first-order valence-electron chi connectivity index (χ1n) is 9.73. The number of hydrogen-bond acceptors (Lipinski definition) is 5. The van der Waals surface area contributed by atoms with E-state index in [0.29, 0.717) is 16.7 Å². The first kappa shape index (κ1) is 18.9. The van der Waals surface area contributed by atoms with E-state index < -0.39 is 12.1 Å². The second-order valence-corrected chi connectivity index (χ2v) is 7.28. The highest BCUT2D eigenvalue weighted by Crippen LogP contribution is 2.44. The van der Waals surface area contributed by atoms with Gasteiger partial charge in [-0.05, 0) is 34.4 Å². The Morgan fingerprint density at radius 2 is 1.68 bits per heavy atom. The van der Waals surface area contributed by atoms with Crippen molar-refractivity contribution >= 4 is 23.0 Å². The summed E-state index contributed by atoms with van der Waals surface area (Å²) in [7, 11) is 1.44. The molecule has 154 valence electrons. The summed E-state index contributed by atoms with van der Waals surface area (Å²) >= 11 is 0. The maximum atomic E-state index is 12.9. The van der Waals surface area contributed by atoms with E-state index in [0.717, 1.165) is 26.9 Å². The van der Waals surface area contributed by atoms with Crippen LogP contribution in [-0.4, -0.2) is 40.7 Å². The minimum atomic E-state index is -1.12. The van der Waals surface area contributed by atoms with Gasteiger partial charge in [0.15, 0.2) is 0 Å². The highest BCUT2D eigenvalue weighted by molar-refractivity contribution is 5.98. The van der Waals surface area contributed by atoms with Gasteiger partial charge in [0.05, 0.1) is 29.8 Å². The number of carboxylic acids is 1. The van der Waals surface area contributed by atoms with Crippen LogP contribution in [0.25, 0.3) is 22.0 Å². The van der Waals surface area contributed by atoms with E-state index in [9.17, 15) is 14.7 Å². The quantitative estimate of drug-likeness (QED) is 0.527. The van der Waals surface area contributed by atoms with Crippen molar-refractivity contribution in [2.45, 2.75) is 5.92 Å². The molecule has 0 saturated heterocycles. The number of methoxy groups -OCH3 is 1. The summed E-state index contributed by atoms with van der Waals surface area (Å²) in [5, 5.41) is 14.0. The van der Waals surface area contributed by atoms with Crippen molar-refractivity contribution in [1.29, 1.82) is 0 Å². The van der Waals surface area contributed by atoms with E-state index in [4.69, 9.17) is 9.47 Å². The third kappa shape index (κ3) is 3.02. The molecule has 0 fully saturated rings. The van der Waals surface area contributed by atoms with Crippen LogP contribution in [0.5, 0.6) is 5.75 Å². The Kier molecular flexibility index (Phi) is 4.43. The van der Waals surface area contributed by atoms with Crippen LogP contribution in [0.1, 0.15) is 27.4 Å². The molecule has 1 aliphatic rings. The number of rotatable bonds is 4. The lowest BCUT2D eigenvalue weighted by molar-refractivity contribution is 0.0696. The minimum absolute atomic E-state index is 0.00227. The normalized spacial score (nSPS) is 12.4. The molecule has 1 N–H and O–H groups in total. The Bertz CT molecular complexity index is 1300. The van der Waals surface area contributed by atoms with Crippen LogP contribution in [-0.2, 0) is 4.74 Å². The molecule has 0 amide bonds. The van der Waals surface area contributed by atoms with Crippen LogP contribution in [0.2, 0.25) is 0 Å². The van der Waals surface area contributed by atoms with Crippen molar-refractivity contribution in [3.05, 3.63) is 83.6 Å². The van der Waals surface area contributed by atoms with Crippen LogP contribution >= 0.6 is 0 Å². The number of carbonyl (C=O) groups excluding carboxylic acids is 1. The van der Waals surface area contributed by atoms with Crippen LogP contribution < -0.4 is 4.74 Å². The fourth-order valence-corrected chi connectivity index (χ4v) is 4.19. The molecule has 7 heteroatoms. The Hall–Kier alpha value is -4.13. The molecule has 31 heavy (non-hydrogen) atoms. The summed E-state index contributed by atoms with van der Waals surface area (Å²) < 4.78 is 12.0. The minimum Gasteiger partial charge on any atom is -0.496 e. The topological polar surface area (TPSA) is 90.6 Å². The van der Waals surface area contributed by atoms with Crippen molar-refractivity contribution in [2.75, 3.05) is 13.7 Å². The molecular formula is C24H18N2O5. The highest BCUT2D eigenvalue weighted by Gasteiger charge is 2.29. The standard InChI is InChI=1S/C24H18N2O5/c1-30-22-11-14(23(27)28)10-21-19(22)12-25-26(21)24(29)31-13-20-17-8-4-2-6-15(17)16-7-3-5-9-18(16)20/h2-12,20H,13H2,1H3,(H,27,28). The number of carbonyl (C=O) groups is 2. The molecule has 0 atom stereocenters. The van der Waals surface area contributed by atoms with Crippen LogP contribution in [0.15, 0.2) is 66.9 Å². The van der Waals surface area contributed by atoms with Crippen LogP contribution in [0, 0.1) is 0 Å². The molecule has 0 saturated carbocycles. The Balaban J connectivity index is 1.46. The third-order valence-corrected chi connectivity index (χ3v) is 5.63. The van der Waals surface area contributed by atoms with Gasteiger partial charge in [0, 0.05) is 5.92 Å². The van der Waals surface area contributed by atoms with E-state index in [1.807, 2.05) is 36.4 Å². The van der Waals surface area contributed by atoms with Crippen molar-refractivity contribution in [2.24, 2.45) is 0 Å². The lowest BCUT2D eigenvalue weighted by Crippen LogP contribution is -2.19. The average molecular weight is 414 g/mol. The molecule has 5 rings (SSSR count). The van der Waals surface area contributed by atoms with E-state index in [-0.39, 0.29) is 18.1 Å². The maximum absolute atomic E-state index is 12.9. The van der Waals surface area contributed by atoms with Gasteiger partial charge < -0.3 is 14.6 Å². The number of nitrogens with zero attached hydrogens (tertiary/aromatic N) is 2. The predicted molar refractivity (Wildman–Crippen MR) is 114 cm³/mol. The van der Waals surface area contributed by atoms with Crippen molar-refractivity contribution < 1.29 is 24.2 Å². The molecule has 1 heterocycles. The first-order valence-corrected chi connectivity index (χ1v) is 9.73. The monoisotopic (exact) mass is 414 g/mol. The molecule has 1 aliphatic carbocycles. The molecule has 1 aromatic heterocycles. The van der Waals surface area contributed by atoms with Gasteiger partial charge >= 0.3 is 12.1 Å². The second kappa shape index (κ2) is 7.28. The average Bonchev–Trinajstić information content (AvgIpc) is 3.36. The largest absolute Gasteiger partial charge is 0.496 e. The number of fused-ring (bicyclic) bond motifs is 4. The Labute approximate surface area is 177 Å². The van der Waals surface area contributed by atoms with Crippen LogP contribution in [0.4, 0.5) is 4.79 Å². The molecule has 0 bridgehead atoms. The SMILES string of the molecule is COc1cc(C(=O)O)cc2c1cnn2C(=O)OCC1c2ccccc2-c2ccccc21. The zero-order valence-electron chi connectivity index (χ0n) is 16.6. The van der Waals surface area contributed by atoms with Crippen molar-refractivity contribution in [3.63, 3.8) is 0 Å². The van der Waals surface area contributed by atoms with E-state index in [1.54, 1.807) is 0 Å². The van der Waals surface area contributed by atoms with Gasteiger partial charge in [0.25, 0.3) is 0 Å². The molecular weight excluding hydrogens is 396 g/mol. The zero-order chi connectivity index (χ0) is 21.5. The van der Waals surface area contributed by atoms with Gasteiger partial charge in [-0.3, -0.25) is 0 Å². The summed E-state index contributed by atoms with van der Waals surface area (Å²) in [5.74, 6) is -0.879. The molecule has 0 radical (unpaired) electrons. The summed E-state index contributed by atoms with van der Waals surface area (Å²) in [4.78, 5) is 24.3. The summed E-state index contributed by atoms with van der Waals surface area (Å²) in [6.45, 7) is 0.143. The van der Waals surface area contributed by atoms with Gasteiger partial charge in [-0.2, -0.15) is 9.78 Å². The van der Waals surface area contributed by atoms with Gasteiger partial charge in [-0.15, -0.1) is 0 Å². The second-order valence-electron chi connectivity index (χ2n) is 7.28. The van der Waals surface area contributed by atoms with Gasteiger partial charge in [0.1, 0.15) is 12.4 Å². The predicted octanol–water partition coefficient (Wildman–Crippen LogP) is 4.54. The number of benzene rings is 3. The van der Waals surface area contributed by atoms with Crippen molar-refractivity contribution in [3.8, 4) is 16.9 Å². The van der Waals surface area contributed by atoms with Gasteiger partial charge in [-0.1, -0.05) is 48.5 Å². The lowest BCUT2D eigenvalue weighted by Gasteiger charge is -2.14.